The van der Waals surface area contributed by atoms with Crippen molar-refractivity contribution < 1.29 is 9.47 Å². The van der Waals surface area contributed by atoms with Gasteiger partial charge >= 0.3 is 0 Å². The summed E-state index contributed by atoms with van der Waals surface area (Å²) in [6, 6.07) is 3.92. The van der Waals surface area contributed by atoms with Crippen molar-refractivity contribution in [3.8, 4) is 11.5 Å². The van der Waals surface area contributed by atoms with Crippen LogP contribution in [0.3, 0.4) is 0 Å². The van der Waals surface area contributed by atoms with Crippen molar-refractivity contribution >= 4 is 15.9 Å². The largest absolute Gasteiger partial charge is 0.497 e. The minimum absolute atomic E-state index is 0.109. The van der Waals surface area contributed by atoms with Crippen molar-refractivity contribution in [3.63, 3.8) is 0 Å². The van der Waals surface area contributed by atoms with Gasteiger partial charge in [0.05, 0.1) is 18.7 Å². The third-order valence-corrected chi connectivity index (χ3v) is 2.99. The first-order valence-electron chi connectivity index (χ1n) is 4.74. The van der Waals surface area contributed by atoms with Crippen LogP contribution in [0.4, 0.5) is 0 Å². The predicted octanol–water partition coefficient (Wildman–Crippen LogP) is 2.36. The molecule has 0 saturated heterocycles. The summed E-state index contributed by atoms with van der Waals surface area (Å²) in [6.45, 7) is 1.97. The number of hydrogen-bond donors (Lipinski definition) is 1. The van der Waals surface area contributed by atoms with Crippen LogP contribution < -0.4 is 15.2 Å². The lowest BCUT2D eigenvalue weighted by Crippen LogP contribution is -2.18. The standard InChI is InChI=1S/C11H16BrNO2/c1-7(13)4-8-5-9(14-2)6-10(15-3)11(8)12/h5-7H,4,13H2,1-3H3. The number of hydrogen-bond acceptors (Lipinski definition) is 3. The van der Waals surface area contributed by atoms with Crippen LogP contribution >= 0.6 is 15.9 Å². The highest BCUT2D eigenvalue weighted by Gasteiger charge is 2.10. The van der Waals surface area contributed by atoms with Crippen LogP contribution in [0.2, 0.25) is 0 Å². The Hall–Kier alpha value is -0.740. The van der Waals surface area contributed by atoms with Gasteiger partial charge in [-0.2, -0.15) is 0 Å². The van der Waals surface area contributed by atoms with Gasteiger partial charge in [0.25, 0.3) is 0 Å². The van der Waals surface area contributed by atoms with Crippen molar-refractivity contribution in [2.45, 2.75) is 19.4 Å². The molecule has 3 nitrogen and oxygen atoms in total. The van der Waals surface area contributed by atoms with Gasteiger partial charge in [-0.05, 0) is 40.9 Å². The summed E-state index contributed by atoms with van der Waals surface area (Å²) in [7, 11) is 3.27. The van der Waals surface area contributed by atoms with E-state index in [4.69, 9.17) is 15.2 Å². The van der Waals surface area contributed by atoms with E-state index in [1.807, 2.05) is 19.1 Å². The summed E-state index contributed by atoms with van der Waals surface area (Å²) in [5, 5.41) is 0. The smallest absolute Gasteiger partial charge is 0.137 e. The molecule has 0 aromatic heterocycles. The number of halogens is 1. The normalized spacial score (nSPS) is 12.3. The van der Waals surface area contributed by atoms with Gasteiger partial charge in [0.1, 0.15) is 11.5 Å². The highest BCUT2D eigenvalue weighted by Crippen LogP contribution is 2.33. The summed E-state index contributed by atoms with van der Waals surface area (Å²) < 4.78 is 11.4. The van der Waals surface area contributed by atoms with Crippen molar-refractivity contribution in [1.29, 1.82) is 0 Å². The maximum atomic E-state index is 5.77. The molecule has 0 saturated carbocycles. The summed E-state index contributed by atoms with van der Waals surface area (Å²) in [4.78, 5) is 0. The molecule has 0 radical (unpaired) electrons. The fraction of sp³-hybridized carbons (Fsp3) is 0.455. The first kappa shape index (κ1) is 12.3. The minimum atomic E-state index is 0.109. The lowest BCUT2D eigenvalue weighted by Gasteiger charge is -2.13. The fourth-order valence-electron chi connectivity index (χ4n) is 1.39. The Morgan fingerprint density at radius 1 is 1.33 bits per heavy atom. The molecular formula is C11H16BrNO2. The Kier molecular flexibility index (Phi) is 4.42. The van der Waals surface area contributed by atoms with Crippen LogP contribution in [0.15, 0.2) is 16.6 Å². The zero-order valence-electron chi connectivity index (χ0n) is 9.21. The number of methoxy groups -OCH3 is 2. The van der Waals surface area contributed by atoms with E-state index in [1.54, 1.807) is 14.2 Å². The van der Waals surface area contributed by atoms with Crippen LogP contribution in [0.5, 0.6) is 11.5 Å². The Labute approximate surface area is 98.7 Å². The molecule has 1 unspecified atom stereocenters. The van der Waals surface area contributed by atoms with Crippen LogP contribution in [0, 0.1) is 0 Å². The predicted molar refractivity (Wildman–Crippen MR) is 64.6 cm³/mol. The van der Waals surface area contributed by atoms with Crippen molar-refractivity contribution in [3.05, 3.63) is 22.2 Å². The summed E-state index contributed by atoms with van der Waals surface area (Å²) in [5.41, 5.74) is 6.87. The topological polar surface area (TPSA) is 44.5 Å². The van der Waals surface area contributed by atoms with Gasteiger partial charge in [-0.3, -0.25) is 0 Å². The molecule has 84 valence electrons. The molecule has 1 aromatic carbocycles. The number of nitrogens with two attached hydrogens (primary N) is 1. The molecule has 1 atom stereocenters. The van der Waals surface area contributed by atoms with Gasteiger partial charge in [-0.15, -0.1) is 0 Å². The fourth-order valence-corrected chi connectivity index (χ4v) is 1.94. The van der Waals surface area contributed by atoms with E-state index in [9.17, 15) is 0 Å². The Morgan fingerprint density at radius 3 is 2.47 bits per heavy atom. The molecule has 0 aliphatic heterocycles. The van der Waals surface area contributed by atoms with E-state index in [1.165, 1.54) is 0 Å². The first-order valence-corrected chi connectivity index (χ1v) is 5.53. The molecule has 0 bridgehead atoms. The Bertz CT molecular complexity index is 340. The molecule has 1 rings (SSSR count). The monoisotopic (exact) mass is 273 g/mol. The van der Waals surface area contributed by atoms with Crippen LogP contribution in [0.1, 0.15) is 12.5 Å². The van der Waals surface area contributed by atoms with E-state index < -0.39 is 0 Å². The summed E-state index contributed by atoms with van der Waals surface area (Å²) in [6.07, 6.45) is 0.786. The molecule has 0 aliphatic rings. The van der Waals surface area contributed by atoms with Crippen molar-refractivity contribution in [2.75, 3.05) is 14.2 Å². The first-order chi connectivity index (χ1) is 7.08. The summed E-state index contributed by atoms with van der Waals surface area (Å²) >= 11 is 3.50. The van der Waals surface area contributed by atoms with E-state index in [-0.39, 0.29) is 6.04 Å². The van der Waals surface area contributed by atoms with Gasteiger partial charge < -0.3 is 15.2 Å². The molecule has 1 aromatic rings. The molecule has 0 amide bonds. The SMILES string of the molecule is COc1cc(CC(C)N)c(Br)c(OC)c1. The zero-order chi connectivity index (χ0) is 11.4. The van der Waals surface area contributed by atoms with Crippen molar-refractivity contribution in [1.82, 2.24) is 0 Å². The van der Waals surface area contributed by atoms with Gasteiger partial charge in [0, 0.05) is 12.1 Å². The van der Waals surface area contributed by atoms with Gasteiger partial charge in [-0.25, -0.2) is 0 Å². The quantitative estimate of drug-likeness (QED) is 0.916. The lowest BCUT2D eigenvalue weighted by atomic mass is 10.1. The Balaban J connectivity index is 3.12. The van der Waals surface area contributed by atoms with E-state index in [2.05, 4.69) is 15.9 Å². The third kappa shape index (κ3) is 3.11. The molecule has 4 heteroatoms. The maximum absolute atomic E-state index is 5.77. The highest BCUT2D eigenvalue weighted by molar-refractivity contribution is 9.10. The van der Waals surface area contributed by atoms with Gasteiger partial charge in [-0.1, -0.05) is 0 Å². The Morgan fingerprint density at radius 2 is 2.00 bits per heavy atom. The second-order valence-electron chi connectivity index (χ2n) is 3.48. The van der Waals surface area contributed by atoms with Crippen LogP contribution in [-0.4, -0.2) is 20.3 Å². The second-order valence-corrected chi connectivity index (χ2v) is 4.28. The number of benzene rings is 1. The molecular weight excluding hydrogens is 258 g/mol. The van der Waals surface area contributed by atoms with Gasteiger partial charge in [0.2, 0.25) is 0 Å². The maximum Gasteiger partial charge on any atom is 0.137 e. The van der Waals surface area contributed by atoms with E-state index in [0.29, 0.717) is 0 Å². The van der Waals surface area contributed by atoms with Gasteiger partial charge in [0.15, 0.2) is 0 Å². The van der Waals surface area contributed by atoms with Crippen LogP contribution in [-0.2, 0) is 6.42 Å². The molecule has 15 heavy (non-hydrogen) atoms. The summed E-state index contributed by atoms with van der Waals surface area (Å²) in [5.74, 6) is 1.55. The van der Waals surface area contributed by atoms with Crippen molar-refractivity contribution in [2.24, 2.45) is 5.73 Å². The lowest BCUT2D eigenvalue weighted by molar-refractivity contribution is 0.391. The zero-order valence-corrected chi connectivity index (χ0v) is 10.8. The average molecular weight is 274 g/mol. The molecule has 2 N–H and O–H groups in total. The third-order valence-electron chi connectivity index (χ3n) is 2.09. The van der Waals surface area contributed by atoms with Crippen LogP contribution in [0.25, 0.3) is 0 Å². The van der Waals surface area contributed by atoms with E-state index >= 15 is 0 Å². The molecule has 0 spiro atoms. The number of ether oxygens (including phenoxy) is 2. The highest BCUT2D eigenvalue weighted by atomic mass is 79.9. The minimum Gasteiger partial charge on any atom is -0.497 e. The average Bonchev–Trinajstić information content (AvgIpc) is 2.20. The second kappa shape index (κ2) is 5.37. The molecule has 0 fully saturated rings. The van der Waals surface area contributed by atoms with E-state index in [0.717, 1.165) is 28.0 Å². The molecule has 0 heterocycles. The number of rotatable bonds is 4. The molecule has 0 aliphatic carbocycles.